The second-order valence-electron chi connectivity index (χ2n) is 5.59. The molecule has 0 bridgehead atoms. The summed E-state index contributed by atoms with van der Waals surface area (Å²) in [6.45, 7) is 1.57. The molecule has 3 rings (SSSR count). The van der Waals surface area contributed by atoms with Crippen molar-refractivity contribution >= 4 is 34.5 Å². The lowest BCUT2D eigenvalue weighted by Crippen LogP contribution is -2.15. The lowest BCUT2D eigenvalue weighted by molar-refractivity contribution is -0.114. The van der Waals surface area contributed by atoms with Crippen LogP contribution < -0.4 is 15.4 Å². The molecule has 8 heteroatoms. The van der Waals surface area contributed by atoms with E-state index in [4.69, 9.17) is 4.74 Å². The van der Waals surface area contributed by atoms with Crippen LogP contribution in [0.1, 0.15) is 23.0 Å². The number of halogens is 1. The van der Waals surface area contributed by atoms with Crippen molar-refractivity contribution in [2.75, 3.05) is 10.6 Å². The zero-order valence-electron chi connectivity index (χ0n) is 14.4. The molecule has 3 aromatic rings. The average molecular weight is 385 g/mol. The molecule has 0 aliphatic rings. The highest BCUT2D eigenvalue weighted by Crippen LogP contribution is 2.24. The molecule has 0 unspecified atom stereocenters. The predicted molar refractivity (Wildman–Crippen MR) is 102 cm³/mol. The molecule has 2 N–H and O–H groups in total. The first-order chi connectivity index (χ1) is 13.0. The van der Waals surface area contributed by atoms with Crippen molar-refractivity contribution in [3.05, 3.63) is 70.4 Å². The van der Waals surface area contributed by atoms with E-state index in [0.29, 0.717) is 11.4 Å². The van der Waals surface area contributed by atoms with E-state index in [1.54, 1.807) is 29.8 Å². The van der Waals surface area contributed by atoms with Crippen LogP contribution >= 0.6 is 11.3 Å². The quantitative estimate of drug-likeness (QED) is 0.670. The third kappa shape index (κ3) is 4.89. The van der Waals surface area contributed by atoms with Crippen LogP contribution in [0.5, 0.6) is 5.75 Å². The summed E-state index contributed by atoms with van der Waals surface area (Å²) in [4.78, 5) is 27.9. The van der Waals surface area contributed by atoms with Crippen LogP contribution in [0.3, 0.4) is 0 Å². The van der Waals surface area contributed by atoms with Gasteiger partial charge in [-0.15, -0.1) is 11.3 Å². The minimum atomic E-state index is -0.613. The van der Waals surface area contributed by atoms with Gasteiger partial charge in [0.15, 0.2) is 0 Å². The Labute approximate surface area is 159 Å². The van der Waals surface area contributed by atoms with E-state index in [2.05, 4.69) is 15.6 Å². The number of hydrogen-bond acceptors (Lipinski definition) is 5. The Balaban J connectivity index is 1.77. The van der Waals surface area contributed by atoms with Crippen molar-refractivity contribution < 1.29 is 18.7 Å². The minimum absolute atomic E-state index is 0.0412. The number of rotatable bonds is 6. The first-order valence-electron chi connectivity index (χ1n) is 8.00. The largest absolute Gasteiger partial charge is 0.486 e. The number of nitrogens with one attached hydrogen (secondary N) is 2. The van der Waals surface area contributed by atoms with Gasteiger partial charge in [0.25, 0.3) is 5.91 Å². The summed E-state index contributed by atoms with van der Waals surface area (Å²) >= 11 is 1.45. The lowest BCUT2D eigenvalue weighted by Gasteiger charge is -2.12. The molecule has 0 radical (unpaired) electrons. The number of ether oxygens (including phenoxy) is 1. The number of carbonyl (C=O) groups is 2. The van der Waals surface area contributed by atoms with Crippen LogP contribution in [0.4, 0.5) is 15.8 Å². The molecule has 1 aromatic heterocycles. The van der Waals surface area contributed by atoms with E-state index in [1.165, 1.54) is 36.5 Å². The maximum absolute atomic E-state index is 14.1. The Kier molecular flexibility index (Phi) is 5.77. The molecule has 0 aliphatic heterocycles. The molecule has 0 saturated heterocycles. The van der Waals surface area contributed by atoms with Crippen molar-refractivity contribution in [1.29, 1.82) is 0 Å². The molecular formula is C19H16FN3O3S. The Morgan fingerprint density at radius 1 is 1.19 bits per heavy atom. The second-order valence-corrected chi connectivity index (χ2v) is 6.31. The van der Waals surface area contributed by atoms with E-state index in [1.807, 2.05) is 5.38 Å². The van der Waals surface area contributed by atoms with E-state index >= 15 is 0 Å². The molecule has 0 fully saturated rings. The Morgan fingerprint density at radius 3 is 2.74 bits per heavy atom. The normalized spacial score (nSPS) is 10.3. The zero-order valence-corrected chi connectivity index (χ0v) is 15.2. The van der Waals surface area contributed by atoms with E-state index in [-0.39, 0.29) is 23.8 Å². The highest BCUT2D eigenvalue weighted by Gasteiger charge is 2.15. The average Bonchev–Trinajstić information content (AvgIpc) is 3.16. The van der Waals surface area contributed by atoms with Crippen LogP contribution in [0.15, 0.2) is 53.4 Å². The van der Waals surface area contributed by atoms with E-state index < -0.39 is 11.7 Å². The van der Waals surface area contributed by atoms with Gasteiger partial charge in [0, 0.05) is 18.0 Å². The highest BCUT2D eigenvalue weighted by molar-refractivity contribution is 7.07. The summed E-state index contributed by atoms with van der Waals surface area (Å²) in [5.41, 5.74) is 3.05. The highest BCUT2D eigenvalue weighted by atomic mass is 32.1. The topological polar surface area (TPSA) is 80.3 Å². The summed E-state index contributed by atoms with van der Waals surface area (Å²) in [7, 11) is 0. The van der Waals surface area contributed by atoms with Gasteiger partial charge >= 0.3 is 0 Å². The summed E-state index contributed by atoms with van der Waals surface area (Å²) in [6, 6.07) is 10.6. The third-order valence-corrected chi connectivity index (χ3v) is 4.16. The van der Waals surface area contributed by atoms with Crippen LogP contribution in [-0.4, -0.2) is 16.8 Å². The fourth-order valence-electron chi connectivity index (χ4n) is 2.33. The van der Waals surface area contributed by atoms with Gasteiger partial charge in [-0.2, -0.15) is 0 Å². The maximum atomic E-state index is 14.1. The number of carbonyl (C=O) groups excluding carboxylic acids is 2. The van der Waals surface area contributed by atoms with Gasteiger partial charge in [-0.05, 0) is 30.3 Å². The van der Waals surface area contributed by atoms with Crippen LogP contribution in [0, 0.1) is 5.82 Å². The summed E-state index contributed by atoms with van der Waals surface area (Å²) in [5, 5.41) is 6.91. The van der Waals surface area contributed by atoms with Crippen LogP contribution in [-0.2, 0) is 11.4 Å². The van der Waals surface area contributed by atoms with Crippen molar-refractivity contribution in [1.82, 2.24) is 4.98 Å². The molecule has 2 aromatic carbocycles. The molecule has 0 spiro atoms. The van der Waals surface area contributed by atoms with Gasteiger partial charge in [0.2, 0.25) is 5.91 Å². The zero-order chi connectivity index (χ0) is 19.2. The third-order valence-electron chi connectivity index (χ3n) is 3.53. The molecule has 6 nitrogen and oxygen atoms in total. The smallest absolute Gasteiger partial charge is 0.259 e. The second kappa shape index (κ2) is 8.41. The minimum Gasteiger partial charge on any atom is -0.486 e. The molecule has 1 heterocycles. The molecule has 138 valence electrons. The number of para-hydroxylation sites is 1. The predicted octanol–water partition coefficient (Wildman–Crippen LogP) is 4.07. The molecule has 2 amide bonds. The van der Waals surface area contributed by atoms with Crippen molar-refractivity contribution in [3.8, 4) is 5.75 Å². The van der Waals surface area contributed by atoms with Crippen molar-refractivity contribution in [2.24, 2.45) is 0 Å². The van der Waals surface area contributed by atoms with E-state index in [0.717, 1.165) is 5.69 Å². The molecule has 0 saturated carbocycles. The SMILES string of the molecule is CC(=O)Nc1ccc(F)c(NC(=O)c2ccccc2OCc2cscn2)c1. The van der Waals surface area contributed by atoms with Gasteiger partial charge in [-0.25, -0.2) is 9.37 Å². The fraction of sp³-hybridized carbons (Fsp3) is 0.105. The van der Waals surface area contributed by atoms with Gasteiger partial charge < -0.3 is 15.4 Å². The number of aromatic nitrogens is 1. The van der Waals surface area contributed by atoms with Crippen molar-refractivity contribution in [3.63, 3.8) is 0 Å². The molecule has 0 aliphatic carbocycles. The van der Waals surface area contributed by atoms with Crippen LogP contribution in [0.25, 0.3) is 0 Å². The van der Waals surface area contributed by atoms with Gasteiger partial charge in [0.05, 0.1) is 22.5 Å². The first-order valence-corrected chi connectivity index (χ1v) is 8.94. The maximum Gasteiger partial charge on any atom is 0.259 e. The number of thiazole rings is 1. The standard InChI is InChI=1S/C19H16FN3O3S/c1-12(24)22-13-6-7-16(20)17(8-13)23-19(25)15-4-2-3-5-18(15)26-9-14-10-27-11-21-14/h2-8,10-11H,9H2,1H3,(H,22,24)(H,23,25). The van der Waals surface area contributed by atoms with Gasteiger partial charge in [0.1, 0.15) is 18.2 Å². The molecule has 0 atom stereocenters. The monoisotopic (exact) mass is 385 g/mol. The van der Waals surface area contributed by atoms with Gasteiger partial charge in [-0.3, -0.25) is 9.59 Å². The Morgan fingerprint density at radius 2 is 2.00 bits per heavy atom. The fourth-order valence-corrected chi connectivity index (χ4v) is 2.88. The number of amides is 2. The van der Waals surface area contributed by atoms with Gasteiger partial charge in [-0.1, -0.05) is 12.1 Å². The first kappa shape index (κ1) is 18.5. The van der Waals surface area contributed by atoms with E-state index in [9.17, 15) is 14.0 Å². The Hall–Kier alpha value is -3.26. The number of benzene rings is 2. The Bertz CT molecular complexity index is 961. The summed E-state index contributed by atoms with van der Waals surface area (Å²) in [5.74, 6) is -1.07. The summed E-state index contributed by atoms with van der Waals surface area (Å²) in [6.07, 6.45) is 0. The number of hydrogen-bond donors (Lipinski definition) is 2. The summed E-state index contributed by atoms with van der Waals surface area (Å²) < 4.78 is 19.7. The lowest BCUT2D eigenvalue weighted by atomic mass is 10.1. The molecular weight excluding hydrogens is 369 g/mol. The molecule has 27 heavy (non-hydrogen) atoms. The number of nitrogens with zero attached hydrogens (tertiary/aromatic N) is 1. The number of anilines is 2. The van der Waals surface area contributed by atoms with Crippen LogP contribution in [0.2, 0.25) is 0 Å². The van der Waals surface area contributed by atoms with Crippen molar-refractivity contribution in [2.45, 2.75) is 13.5 Å².